The fourth-order valence-electron chi connectivity index (χ4n) is 2.72. The van der Waals surface area contributed by atoms with E-state index in [2.05, 4.69) is 12.2 Å². The Morgan fingerprint density at radius 2 is 2.43 bits per heavy atom. The molecule has 3 heterocycles. The van der Waals surface area contributed by atoms with Gasteiger partial charge in [0.25, 0.3) is 0 Å². The molecule has 1 saturated carbocycles. The Morgan fingerprint density at radius 1 is 1.57 bits per heavy atom. The smallest absolute Gasteiger partial charge is 0.138 e. The highest BCUT2D eigenvalue weighted by Crippen LogP contribution is 2.52. The number of hydrogen-bond acceptors (Lipinski definition) is 3. The molecule has 1 atom stereocenters. The van der Waals surface area contributed by atoms with Gasteiger partial charge in [-0.15, -0.1) is 0 Å². The number of nitrogens with one attached hydrogen (secondary N) is 1. The standard InChI is InChI=1S/C11H17NO2/c1-2-9-5-13-6-10(14-9)11-3-8(4-11)12-7-11/h6,8-9,12H,2-5,7H2,1H3. The molecule has 3 heteroatoms. The van der Waals surface area contributed by atoms with Crippen LogP contribution in [0.15, 0.2) is 12.0 Å². The summed E-state index contributed by atoms with van der Waals surface area (Å²) in [4.78, 5) is 0. The maximum Gasteiger partial charge on any atom is 0.138 e. The van der Waals surface area contributed by atoms with Crippen LogP contribution in [0.1, 0.15) is 26.2 Å². The van der Waals surface area contributed by atoms with E-state index in [1.807, 2.05) is 6.26 Å². The first kappa shape index (κ1) is 8.60. The zero-order valence-electron chi connectivity index (χ0n) is 8.58. The zero-order chi connectivity index (χ0) is 9.60. The normalized spacial score (nSPS) is 44.8. The van der Waals surface area contributed by atoms with Crippen molar-refractivity contribution in [3.63, 3.8) is 0 Å². The monoisotopic (exact) mass is 195 g/mol. The van der Waals surface area contributed by atoms with E-state index in [4.69, 9.17) is 9.47 Å². The van der Waals surface area contributed by atoms with Gasteiger partial charge in [-0.3, -0.25) is 0 Å². The van der Waals surface area contributed by atoms with Crippen LogP contribution in [0.3, 0.4) is 0 Å². The Morgan fingerprint density at radius 3 is 3.07 bits per heavy atom. The van der Waals surface area contributed by atoms with Gasteiger partial charge in [0.2, 0.25) is 0 Å². The molecule has 78 valence electrons. The molecule has 0 aromatic rings. The third kappa shape index (κ3) is 1.08. The molecule has 0 amide bonds. The molecule has 2 bridgehead atoms. The Kier molecular flexibility index (Phi) is 1.78. The van der Waals surface area contributed by atoms with Crippen molar-refractivity contribution >= 4 is 0 Å². The molecular formula is C11H17NO2. The van der Waals surface area contributed by atoms with Crippen molar-refractivity contribution in [2.24, 2.45) is 5.41 Å². The molecule has 3 aliphatic heterocycles. The van der Waals surface area contributed by atoms with Gasteiger partial charge in [0.05, 0.1) is 0 Å². The van der Waals surface area contributed by atoms with E-state index in [1.165, 1.54) is 12.8 Å². The summed E-state index contributed by atoms with van der Waals surface area (Å²) in [6.07, 6.45) is 5.61. The molecule has 0 aromatic heterocycles. The first-order valence-corrected chi connectivity index (χ1v) is 5.55. The topological polar surface area (TPSA) is 30.5 Å². The lowest BCUT2D eigenvalue weighted by atomic mass is 9.69. The van der Waals surface area contributed by atoms with Crippen LogP contribution in [0.25, 0.3) is 0 Å². The van der Waals surface area contributed by atoms with Crippen LogP contribution in [-0.4, -0.2) is 25.3 Å². The Bertz CT molecular complexity index is 263. The van der Waals surface area contributed by atoms with Crippen molar-refractivity contribution in [2.75, 3.05) is 13.2 Å². The van der Waals surface area contributed by atoms with Crippen molar-refractivity contribution in [3.05, 3.63) is 12.0 Å². The van der Waals surface area contributed by atoms with E-state index in [0.717, 1.165) is 24.8 Å². The van der Waals surface area contributed by atoms with Crippen molar-refractivity contribution in [2.45, 2.75) is 38.3 Å². The lowest BCUT2D eigenvalue weighted by molar-refractivity contribution is -0.0305. The minimum Gasteiger partial charge on any atom is -0.494 e. The maximum atomic E-state index is 5.96. The van der Waals surface area contributed by atoms with Crippen LogP contribution in [0.5, 0.6) is 0 Å². The number of fused-ring (bicyclic) bond motifs is 1. The van der Waals surface area contributed by atoms with Gasteiger partial charge >= 0.3 is 0 Å². The van der Waals surface area contributed by atoms with E-state index < -0.39 is 0 Å². The summed E-state index contributed by atoms with van der Waals surface area (Å²) in [5.74, 6) is 1.09. The molecule has 4 rings (SSSR count). The van der Waals surface area contributed by atoms with Gasteiger partial charge in [-0.25, -0.2) is 0 Å². The number of ether oxygens (including phenoxy) is 2. The predicted octanol–water partition coefficient (Wildman–Crippen LogP) is 1.41. The highest BCUT2D eigenvalue weighted by Gasteiger charge is 2.54. The van der Waals surface area contributed by atoms with E-state index in [9.17, 15) is 0 Å². The Labute approximate surface area is 84.5 Å². The van der Waals surface area contributed by atoms with Crippen LogP contribution >= 0.6 is 0 Å². The molecular weight excluding hydrogens is 178 g/mol. The van der Waals surface area contributed by atoms with Crippen LogP contribution in [0, 0.1) is 5.41 Å². The highest BCUT2D eigenvalue weighted by atomic mass is 16.6. The number of hydrogen-bond donors (Lipinski definition) is 1. The van der Waals surface area contributed by atoms with Crippen molar-refractivity contribution < 1.29 is 9.47 Å². The summed E-state index contributed by atoms with van der Waals surface area (Å²) in [5.41, 5.74) is 0.290. The van der Waals surface area contributed by atoms with Crippen LogP contribution in [0.2, 0.25) is 0 Å². The van der Waals surface area contributed by atoms with Gasteiger partial charge < -0.3 is 14.8 Å². The highest BCUT2D eigenvalue weighted by molar-refractivity contribution is 5.21. The van der Waals surface area contributed by atoms with Gasteiger partial charge in [-0.05, 0) is 19.3 Å². The van der Waals surface area contributed by atoms with Gasteiger partial charge in [0, 0.05) is 18.0 Å². The molecule has 1 N–H and O–H groups in total. The molecule has 4 aliphatic rings. The summed E-state index contributed by atoms with van der Waals surface area (Å²) in [6, 6.07) is 0.738. The fourth-order valence-corrected chi connectivity index (χ4v) is 2.72. The molecule has 0 radical (unpaired) electrons. The SMILES string of the molecule is CCC1COC=C(C23CNC(C2)C3)O1. The third-order valence-electron chi connectivity index (χ3n) is 3.75. The first-order valence-electron chi connectivity index (χ1n) is 5.55. The van der Waals surface area contributed by atoms with Gasteiger partial charge in [0.15, 0.2) is 0 Å². The van der Waals surface area contributed by atoms with Crippen LogP contribution in [-0.2, 0) is 9.47 Å². The number of rotatable bonds is 2. The van der Waals surface area contributed by atoms with E-state index in [1.54, 1.807) is 0 Å². The molecule has 3 fully saturated rings. The largest absolute Gasteiger partial charge is 0.494 e. The Balaban J connectivity index is 1.75. The fraction of sp³-hybridized carbons (Fsp3) is 0.818. The molecule has 2 saturated heterocycles. The van der Waals surface area contributed by atoms with Gasteiger partial charge in [0.1, 0.15) is 24.7 Å². The van der Waals surface area contributed by atoms with Crippen molar-refractivity contribution in [1.29, 1.82) is 0 Å². The summed E-state index contributed by atoms with van der Waals surface area (Å²) < 4.78 is 11.4. The van der Waals surface area contributed by atoms with Crippen LogP contribution < -0.4 is 5.32 Å². The first-order chi connectivity index (χ1) is 6.82. The average Bonchev–Trinajstić information content (AvgIpc) is 2.77. The molecule has 1 unspecified atom stereocenters. The molecule has 0 aromatic carbocycles. The summed E-state index contributed by atoms with van der Waals surface area (Å²) >= 11 is 0. The van der Waals surface area contributed by atoms with E-state index >= 15 is 0 Å². The second-order valence-corrected chi connectivity index (χ2v) is 4.73. The average molecular weight is 195 g/mol. The molecule has 0 spiro atoms. The molecule has 1 aliphatic carbocycles. The summed E-state index contributed by atoms with van der Waals surface area (Å²) in [7, 11) is 0. The van der Waals surface area contributed by atoms with Crippen LogP contribution in [0.4, 0.5) is 0 Å². The zero-order valence-corrected chi connectivity index (χ0v) is 8.58. The second kappa shape index (κ2) is 2.89. The Hall–Kier alpha value is -0.700. The predicted molar refractivity (Wildman–Crippen MR) is 52.7 cm³/mol. The minimum atomic E-state index is 0.268. The van der Waals surface area contributed by atoms with E-state index in [-0.39, 0.29) is 6.10 Å². The third-order valence-corrected chi connectivity index (χ3v) is 3.75. The summed E-state index contributed by atoms with van der Waals surface area (Å²) in [6.45, 7) is 3.93. The molecule has 14 heavy (non-hydrogen) atoms. The summed E-state index contributed by atoms with van der Waals surface area (Å²) in [5, 5.41) is 3.49. The quantitative estimate of drug-likeness (QED) is 0.722. The maximum absolute atomic E-state index is 5.96. The van der Waals surface area contributed by atoms with Crippen molar-refractivity contribution in [1.82, 2.24) is 5.32 Å². The van der Waals surface area contributed by atoms with E-state index in [0.29, 0.717) is 12.0 Å². The lowest BCUT2D eigenvalue weighted by Gasteiger charge is -2.40. The lowest BCUT2D eigenvalue weighted by Crippen LogP contribution is -2.39. The molecule has 3 nitrogen and oxygen atoms in total. The second-order valence-electron chi connectivity index (χ2n) is 4.73. The van der Waals surface area contributed by atoms with Crippen molar-refractivity contribution in [3.8, 4) is 0 Å². The minimum absolute atomic E-state index is 0.268. The van der Waals surface area contributed by atoms with Gasteiger partial charge in [-0.2, -0.15) is 0 Å². The van der Waals surface area contributed by atoms with Gasteiger partial charge in [-0.1, -0.05) is 6.92 Å².